The Morgan fingerprint density at radius 1 is 1.56 bits per heavy atom. The van der Waals surface area contributed by atoms with Crippen molar-refractivity contribution in [2.75, 3.05) is 6.61 Å². The molecule has 0 aromatic carbocycles. The molecule has 16 heavy (non-hydrogen) atoms. The molecule has 0 saturated carbocycles. The van der Waals surface area contributed by atoms with Gasteiger partial charge in [-0.3, -0.25) is 4.68 Å². The number of hydrogen-bond donors (Lipinski definition) is 3. The third-order valence-corrected chi connectivity index (χ3v) is 2.20. The molecule has 0 saturated heterocycles. The van der Waals surface area contributed by atoms with E-state index in [1.54, 1.807) is 18.5 Å². The van der Waals surface area contributed by atoms with Gasteiger partial charge >= 0.3 is 5.97 Å². The van der Waals surface area contributed by atoms with Crippen molar-refractivity contribution in [1.82, 2.24) is 14.8 Å². The molecule has 84 valence electrons. The minimum absolute atomic E-state index is 0.0743. The molecule has 0 fully saturated rings. The molecule has 0 atom stereocenters. The summed E-state index contributed by atoms with van der Waals surface area (Å²) in [6.07, 6.45) is 3.47. The summed E-state index contributed by atoms with van der Waals surface area (Å²) in [6, 6.07) is 3.29. The highest BCUT2D eigenvalue weighted by Gasteiger charge is 2.14. The molecule has 6 nitrogen and oxygen atoms in total. The van der Waals surface area contributed by atoms with Gasteiger partial charge in [0.05, 0.1) is 18.8 Å². The molecule has 0 spiro atoms. The van der Waals surface area contributed by atoms with Crippen molar-refractivity contribution >= 4 is 5.97 Å². The number of carboxylic acids is 1. The van der Waals surface area contributed by atoms with Crippen molar-refractivity contribution in [1.29, 1.82) is 0 Å². The molecular weight excluding hydrogens is 210 g/mol. The lowest BCUT2D eigenvalue weighted by Gasteiger charge is -1.99. The number of hydrogen-bond acceptors (Lipinski definition) is 3. The first-order valence-electron chi connectivity index (χ1n) is 4.77. The fourth-order valence-electron chi connectivity index (χ4n) is 1.48. The van der Waals surface area contributed by atoms with Gasteiger partial charge in [-0.1, -0.05) is 0 Å². The highest BCUT2D eigenvalue weighted by molar-refractivity contribution is 5.87. The number of aromatic carboxylic acids is 1. The van der Waals surface area contributed by atoms with Crippen LogP contribution in [0.15, 0.2) is 24.5 Å². The van der Waals surface area contributed by atoms with Crippen LogP contribution in [0.2, 0.25) is 0 Å². The van der Waals surface area contributed by atoms with Gasteiger partial charge < -0.3 is 15.2 Å². The molecule has 3 N–H and O–H groups in total. The summed E-state index contributed by atoms with van der Waals surface area (Å²) in [6.45, 7) is 0.0284. The van der Waals surface area contributed by atoms with Crippen molar-refractivity contribution in [2.45, 2.75) is 6.54 Å². The molecule has 6 heteroatoms. The Hall–Kier alpha value is -2.08. The number of nitrogens with one attached hydrogen (secondary N) is 1. The largest absolute Gasteiger partial charge is 0.477 e. The number of carboxylic acid groups (broad SMARTS) is 1. The predicted molar refractivity (Wildman–Crippen MR) is 56.1 cm³/mol. The van der Waals surface area contributed by atoms with Crippen LogP contribution in [-0.2, 0) is 6.54 Å². The van der Waals surface area contributed by atoms with Crippen LogP contribution in [0.4, 0.5) is 0 Å². The standard InChI is InChI=1S/C10H11N3O3/c14-4-3-13-9(10(15)16)5-8(12-13)7-1-2-11-6-7/h1-2,5-6,11,14H,3-4H2,(H,15,16). The second-order valence-electron chi connectivity index (χ2n) is 3.27. The first kappa shape index (κ1) is 10.4. The number of carbonyl (C=O) groups is 1. The van der Waals surface area contributed by atoms with E-state index in [9.17, 15) is 4.79 Å². The van der Waals surface area contributed by atoms with Crippen LogP contribution in [0.3, 0.4) is 0 Å². The Kier molecular flexibility index (Phi) is 2.74. The minimum Gasteiger partial charge on any atom is -0.477 e. The highest BCUT2D eigenvalue weighted by Crippen LogP contribution is 2.18. The van der Waals surface area contributed by atoms with E-state index >= 15 is 0 Å². The van der Waals surface area contributed by atoms with Gasteiger partial charge in [0, 0.05) is 18.0 Å². The average molecular weight is 221 g/mol. The summed E-state index contributed by atoms with van der Waals surface area (Å²) in [4.78, 5) is 13.8. The third-order valence-electron chi connectivity index (χ3n) is 2.20. The van der Waals surface area contributed by atoms with Gasteiger partial charge in [-0.25, -0.2) is 4.79 Å². The van der Waals surface area contributed by atoms with Gasteiger partial charge in [0.2, 0.25) is 0 Å². The molecule has 0 amide bonds. The predicted octanol–water partition coefficient (Wildman–Crippen LogP) is 0.569. The fraction of sp³-hybridized carbons (Fsp3) is 0.200. The molecular formula is C10H11N3O3. The zero-order valence-corrected chi connectivity index (χ0v) is 8.42. The zero-order valence-electron chi connectivity index (χ0n) is 8.42. The second-order valence-corrected chi connectivity index (χ2v) is 3.27. The summed E-state index contributed by atoms with van der Waals surface area (Å²) >= 11 is 0. The van der Waals surface area contributed by atoms with Gasteiger partial charge in [0.1, 0.15) is 5.69 Å². The monoisotopic (exact) mass is 221 g/mol. The molecule has 0 unspecified atom stereocenters. The molecule has 2 aromatic rings. The Labute approximate surface area is 91.1 Å². The third kappa shape index (κ3) is 1.82. The smallest absolute Gasteiger partial charge is 0.354 e. The summed E-state index contributed by atoms with van der Waals surface area (Å²) in [5.74, 6) is -1.05. The van der Waals surface area contributed by atoms with Gasteiger partial charge in [-0.15, -0.1) is 0 Å². The lowest BCUT2D eigenvalue weighted by atomic mass is 10.2. The van der Waals surface area contributed by atoms with Gasteiger partial charge in [-0.2, -0.15) is 5.10 Å². The van der Waals surface area contributed by atoms with Crippen LogP contribution in [0.5, 0.6) is 0 Å². The summed E-state index contributed by atoms with van der Waals surface area (Å²) in [7, 11) is 0. The molecule has 2 rings (SSSR count). The number of aromatic amines is 1. The molecule has 0 aliphatic carbocycles. The minimum atomic E-state index is -1.05. The topological polar surface area (TPSA) is 91.1 Å². The maximum Gasteiger partial charge on any atom is 0.354 e. The quantitative estimate of drug-likeness (QED) is 0.703. The number of rotatable bonds is 4. The second kappa shape index (κ2) is 4.19. The maximum atomic E-state index is 10.9. The van der Waals surface area contributed by atoms with Crippen LogP contribution in [0, 0.1) is 0 Å². The number of H-pyrrole nitrogens is 1. The van der Waals surface area contributed by atoms with Crippen molar-refractivity contribution < 1.29 is 15.0 Å². The fourth-order valence-corrected chi connectivity index (χ4v) is 1.48. The molecule has 0 radical (unpaired) electrons. The van der Waals surface area contributed by atoms with Crippen molar-refractivity contribution in [3.8, 4) is 11.3 Å². The summed E-state index contributed by atoms with van der Waals surface area (Å²) in [5, 5.41) is 21.9. The number of nitrogens with zero attached hydrogens (tertiary/aromatic N) is 2. The van der Waals surface area contributed by atoms with Crippen LogP contribution in [-0.4, -0.2) is 37.6 Å². The van der Waals surface area contributed by atoms with Gasteiger partial charge in [0.15, 0.2) is 0 Å². The molecule has 0 bridgehead atoms. The number of aliphatic hydroxyl groups is 1. The van der Waals surface area contributed by atoms with Crippen molar-refractivity contribution in [2.24, 2.45) is 0 Å². The average Bonchev–Trinajstić information content (AvgIpc) is 2.83. The molecule has 0 aliphatic rings. The molecule has 2 heterocycles. The van der Waals surface area contributed by atoms with Crippen molar-refractivity contribution in [3.05, 3.63) is 30.2 Å². The van der Waals surface area contributed by atoms with Crippen LogP contribution in [0.1, 0.15) is 10.5 Å². The Bertz CT molecular complexity index is 487. The van der Waals surface area contributed by atoms with Crippen LogP contribution >= 0.6 is 0 Å². The van der Waals surface area contributed by atoms with Crippen molar-refractivity contribution in [3.63, 3.8) is 0 Å². The van der Waals surface area contributed by atoms with Crippen LogP contribution in [0.25, 0.3) is 11.3 Å². The molecule has 2 aromatic heterocycles. The van der Waals surface area contributed by atoms with Gasteiger partial charge in [-0.05, 0) is 12.1 Å². The van der Waals surface area contributed by atoms with E-state index in [1.807, 2.05) is 0 Å². The van der Waals surface area contributed by atoms with Gasteiger partial charge in [0.25, 0.3) is 0 Å². The van der Waals surface area contributed by atoms with E-state index in [-0.39, 0.29) is 18.8 Å². The Balaban J connectivity index is 2.42. The maximum absolute atomic E-state index is 10.9. The first-order chi connectivity index (χ1) is 7.72. The normalized spacial score (nSPS) is 10.6. The Morgan fingerprint density at radius 3 is 2.94 bits per heavy atom. The van der Waals surface area contributed by atoms with E-state index in [2.05, 4.69) is 10.1 Å². The van der Waals surface area contributed by atoms with E-state index in [1.165, 1.54) is 10.7 Å². The summed E-state index contributed by atoms with van der Waals surface area (Å²) in [5.41, 5.74) is 1.47. The first-order valence-corrected chi connectivity index (χ1v) is 4.77. The molecule has 0 aliphatic heterocycles. The van der Waals surface area contributed by atoms with Crippen LogP contribution < -0.4 is 0 Å². The number of aliphatic hydroxyl groups excluding tert-OH is 1. The Morgan fingerprint density at radius 2 is 2.38 bits per heavy atom. The van der Waals surface area contributed by atoms with E-state index in [0.29, 0.717) is 5.69 Å². The van der Waals surface area contributed by atoms with E-state index in [0.717, 1.165) is 5.56 Å². The SMILES string of the molecule is O=C(O)c1cc(-c2cc[nH]c2)nn1CCO. The summed E-state index contributed by atoms with van der Waals surface area (Å²) < 4.78 is 1.28. The lowest BCUT2D eigenvalue weighted by Crippen LogP contribution is -2.12. The zero-order chi connectivity index (χ0) is 11.5. The van der Waals surface area contributed by atoms with E-state index in [4.69, 9.17) is 10.2 Å². The van der Waals surface area contributed by atoms with E-state index < -0.39 is 5.97 Å². The lowest BCUT2D eigenvalue weighted by molar-refractivity contribution is 0.0681. The number of aromatic nitrogens is 3. The highest BCUT2D eigenvalue weighted by atomic mass is 16.4.